The molecule has 31 heavy (non-hydrogen) atoms. The Morgan fingerprint density at radius 2 is 1.77 bits per heavy atom. The second-order valence-electron chi connectivity index (χ2n) is 7.25. The molecule has 0 spiro atoms. The number of nitrogens with one attached hydrogen (secondary N) is 2. The Morgan fingerprint density at radius 3 is 2.45 bits per heavy atom. The first-order valence-corrected chi connectivity index (χ1v) is 10.2. The third-order valence-corrected chi connectivity index (χ3v) is 5.21. The summed E-state index contributed by atoms with van der Waals surface area (Å²) in [6.45, 7) is -2.18. The zero-order valence-electron chi connectivity index (χ0n) is 17.2. The van der Waals surface area contributed by atoms with Crippen molar-refractivity contribution in [2.45, 2.75) is 45.1 Å². The minimum atomic E-state index is -2.94. The van der Waals surface area contributed by atoms with Gasteiger partial charge in [-0.3, -0.25) is 4.99 Å². The van der Waals surface area contributed by atoms with Gasteiger partial charge in [0.2, 0.25) is 6.79 Å². The SMILES string of the molecule is CN=C(NCc1cc2c(cc1OC(F)F)OCO2)NCc1ccccc1OC1CCC1. The Balaban J connectivity index is 1.38. The molecule has 0 aromatic heterocycles. The highest BCUT2D eigenvalue weighted by molar-refractivity contribution is 5.79. The van der Waals surface area contributed by atoms with Crippen LogP contribution in [0.25, 0.3) is 0 Å². The summed E-state index contributed by atoms with van der Waals surface area (Å²) in [5.74, 6) is 2.27. The monoisotopic (exact) mass is 433 g/mol. The number of aliphatic imine (C=N–C) groups is 1. The van der Waals surface area contributed by atoms with Gasteiger partial charge in [-0.1, -0.05) is 18.2 Å². The maximum Gasteiger partial charge on any atom is 0.387 e. The molecule has 9 heteroatoms. The van der Waals surface area contributed by atoms with Crippen LogP contribution >= 0.6 is 0 Å². The fourth-order valence-corrected chi connectivity index (χ4v) is 3.32. The van der Waals surface area contributed by atoms with Crippen molar-refractivity contribution in [3.63, 3.8) is 0 Å². The number of benzene rings is 2. The number of nitrogens with zero attached hydrogens (tertiary/aromatic N) is 1. The Hall–Kier alpha value is -3.23. The molecule has 2 aromatic carbocycles. The van der Waals surface area contributed by atoms with Gasteiger partial charge in [0.15, 0.2) is 17.5 Å². The van der Waals surface area contributed by atoms with Gasteiger partial charge < -0.3 is 29.6 Å². The molecule has 166 valence electrons. The number of para-hydroxylation sites is 1. The molecule has 1 saturated carbocycles. The first-order valence-electron chi connectivity index (χ1n) is 10.2. The van der Waals surface area contributed by atoms with Crippen molar-refractivity contribution in [2.75, 3.05) is 13.8 Å². The molecule has 1 aliphatic heterocycles. The fraction of sp³-hybridized carbons (Fsp3) is 0.409. The third kappa shape index (κ3) is 5.28. The third-order valence-electron chi connectivity index (χ3n) is 5.21. The maximum atomic E-state index is 12.8. The number of guanidine groups is 1. The number of alkyl halides is 2. The summed E-state index contributed by atoms with van der Waals surface area (Å²) in [6, 6.07) is 10.9. The molecule has 0 bridgehead atoms. The lowest BCUT2D eigenvalue weighted by molar-refractivity contribution is -0.0505. The topological polar surface area (TPSA) is 73.3 Å². The summed E-state index contributed by atoms with van der Waals surface area (Å²) in [5, 5.41) is 6.35. The van der Waals surface area contributed by atoms with Gasteiger partial charge >= 0.3 is 6.61 Å². The smallest absolute Gasteiger partial charge is 0.387 e. The second kappa shape index (κ2) is 9.72. The van der Waals surface area contributed by atoms with E-state index in [1.54, 1.807) is 13.1 Å². The van der Waals surface area contributed by atoms with Crippen molar-refractivity contribution in [1.29, 1.82) is 0 Å². The number of halogens is 2. The van der Waals surface area contributed by atoms with Gasteiger partial charge in [-0.2, -0.15) is 8.78 Å². The molecule has 2 N–H and O–H groups in total. The molecular formula is C22H25F2N3O4. The number of fused-ring (bicyclic) bond motifs is 1. The van der Waals surface area contributed by atoms with E-state index in [0.717, 1.165) is 24.2 Å². The highest BCUT2D eigenvalue weighted by Crippen LogP contribution is 2.38. The molecule has 0 amide bonds. The molecule has 0 radical (unpaired) electrons. The van der Waals surface area contributed by atoms with Crippen molar-refractivity contribution < 1.29 is 27.7 Å². The molecular weight excluding hydrogens is 408 g/mol. The van der Waals surface area contributed by atoms with Crippen molar-refractivity contribution in [1.82, 2.24) is 10.6 Å². The van der Waals surface area contributed by atoms with Crippen molar-refractivity contribution in [2.24, 2.45) is 4.99 Å². The summed E-state index contributed by atoms with van der Waals surface area (Å²) < 4.78 is 46.9. The van der Waals surface area contributed by atoms with Crippen LogP contribution in [-0.2, 0) is 13.1 Å². The quantitative estimate of drug-likeness (QED) is 0.487. The van der Waals surface area contributed by atoms with Crippen LogP contribution in [0.15, 0.2) is 41.4 Å². The van der Waals surface area contributed by atoms with Crippen LogP contribution < -0.4 is 29.6 Å². The summed E-state index contributed by atoms with van der Waals surface area (Å²) >= 11 is 0. The number of ether oxygens (including phenoxy) is 4. The van der Waals surface area contributed by atoms with Crippen LogP contribution in [0.4, 0.5) is 8.78 Å². The van der Waals surface area contributed by atoms with E-state index >= 15 is 0 Å². The highest BCUT2D eigenvalue weighted by Gasteiger charge is 2.21. The molecule has 0 unspecified atom stereocenters. The van der Waals surface area contributed by atoms with E-state index in [0.29, 0.717) is 29.6 Å². The molecule has 1 aliphatic carbocycles. The number of rotatable bonds is 8. The van der Waals surface area contributed by atoms with Gasteiger partial charge in [-0.25, -0.2) is 0 Å². The highest BCUT2D eigenvalue weighted by atomic mass is 19.3. The molecule has 1 fully saturated rings. The van der Waals surface area contributed by atoms with Crippen LogP contribution in [0.5, 0.6) is 23.0 Å². The van der Waals surface area contributed by atoms with E-state index in [4.69, 9.17) is 14.2 Å². The number of hydrogen-bond acceptors (Lipinski definition) is 5. The minimum Gasteiger partial charge on any atom is -0.490 e. The lowest BCUT2D eigenvalue weighted by Gasteiger charge is -2.27. The fourth-order valence-electron chi connectivity index (χ4n) is 3.32. The lowest BCUT2D eigenvalue weighted by atomic mass is 9.96. The first-order chi connectivity index (χ1) is 15.1. The molecule has 2 aliphatic rings. The van der Waals surface area contributed by atoms with Crippen LogP contribution in [0.3, 0.4) is 0 Å². The van der Waals surface area contributed by atoms with Crippen molar-refractivity contribution in [3.05, 3.63) is 47.5 Å². The van der Waals surface area contributed by atoms with Gasteiger partial charge in [-0.05, 0) is 31.4 Å². The first kappa shape index (κ1) is 21.0. The zero-order chi connectivity index (χ0) is 21.6. The van der Waals surface area contributed by atoms with E-state index in [9.17, 15) is 8.78 Å². The average molecular weight is 433 g/mol. The predicted molar refractivity (Wildman–Crippen MR) is 111 cm³/mol. The van der Waals surface area contributed by atoms with E-state index in [1.165, 1.54) is 12.5 Å². The molecule has 4 rings (SSSR count). The summed E-state index contributed by atoms with van der Waals surface area (Å²) in [5.41, 5.74) is 1.52. The van der Waals surface area contributed by atoms with Crippen LogP contribution in [0.2, 0.25) is 0 Å². The van der Waals surface area contributed by atoms with Gasteiger partial charge in [0, 0.05) is 37.3 Å². The lowest BCUT2D eigenvalue weighted by Crippen LogP contribution is -2.36. The average Bonchev–Trinajstić information content (AvgIpc) is 3.18. The van der Waals surface area contributed by atoms with E-state index in [2.05, 4.69) is 20.4 Å². The van der Waals surface area contributed by atoms with Gasteiger partial charge in [0.25, 0.3) is 0 Å². The zero-order valence-corrected chi connectivity index (χ0v) is 17.2. The Bertz CT molecular complexity index is 935. The van der Waals surface area contributed by atoms with E-state index in [-0.39, 0.29) is 25.2 Å². The predicted octanol–water partition coefficient (Wildman–Crippen LogP) is 3.81. The standard InChI is InChI=1S/C22H25F2N3O4/c1-25-22(26-11-14-5-2-3-8-17(14)30-16-6-4-7-16)27-12-15-9-19-20(29-13-28-19)10-18(15)31-21(23)24/h2-3,5,8-10,16,21H,4,6-7,11-13H2,1H3,(H2,25,26,27). The van der Waals surface area contributed by atoms with E-state index in [1.807, 2.05) is 24.3 Å². The Morgan fingerprint density at radius 1 is 1.06 bits per heavy atom. The van der Waals surface area contributed by atoms with Gasteiger partial charge in [0.05, 0.1) is 6.10 Å². The second-order valence-corrected chi connectivity index (χ2v) is 7.25. The summed E-state index contributed by atoms with van der Waals surface area (Å²) in [7, 11) is 1.64. The summed E-state index contributed by atoms with van der Waals surface area (Å²) in [6.07, 6.45) is 3.67. The summed E-state index contributed by atoms with van der Waals surface area (Å²) in [4.78, 5) is 4.21. The van der Waals surface area contributed by atoms with Gasteiger partial charge in [0.1, 0.15) is 11.5 Å². The Kier molecular flexibility index (Phi) is 6.59. The molecule has 1 heterocycles. The number of hydrogen-bond donors (Lipinski definition) is 2. The largest absolute Gasteiger partial charge is 0.490 e. The van der Waals surface area contributed by atoms with Crippen LogP contribution in [0, 0.1) is 0 Å². The minimum absolute atomic E-state index is 0.0291. The van der Waals surface area contributed by atoms with Crippen molar-refractivity contribution in [3.8, 4) is 23.0 Å². The van der Waals surface area contributed by atoms with Crippen LogP contribution in [-0.4, -0.2) is 32.5 Å². The molecule has 0 saturated heterocycles. The molecule has 2 aromatic rings. The molecule has 0 atom stereocenters. The van der Waals surface area contributed by atoms with Crippen LogP contribution in [0.1, 0.15) is 30.4 Å². The Labute approximate surface area is 179 Å². The maximum absolute atomic E-state index is 12.8. The van der Waals surface area contributed by atoms with E-state index < -0.39 is 6.61 Å². The van der Waals surface area contributed by atoms with Gasteiger partial charge in [-0.15, -0.1) is 0 Å². The van der Waals surface area contributed by atoms with Crippen molar-refractivity contribution >= 4 is 5.96 Å². The normalized spacial score (nSPS) is 15.5. The molecule has 7 nitrogen and oxygen atoms in total.